The number of nitrogens with zero attached hydrogens (tertiary/aromatic N) is 3. The highest BCUT2D eigenvalue weighted by molar-refractivity contribution is 7.93. The van der Waals surface area contributed by atoms with Crippen LogP contribution in [0, 0.1) is 0 Å². The van der Waals surface area contributed by atoms with E-state index in [1.807, 2.05) is 0 Å². The van der Waals surface area contributed by atoms with Crippen LogP contribution in [-0.4, -0.2) is 48.7 Å². The van der Waals surface area contributed by atoms with E-state index in [-0.39, 0.29) is 10.1 Å². The molecule has 5 nitrogen and oxygen atoms in total. The van der Waals surface area contributed by atoms with Crippen molar-refractivity contribution in [1.82, 2.24) is 14.9 Å². The minimum atomic E-state index is -3.29. The molecule has 0 aromatic carbocycles. The van der Waals surface area contributed by atoms with Gasteiger partial charge in [0.15, 0.2) is 0 Å². The first-order valence-electron chi connectivity index (χ1n) is 6.71. The number of pyridine rings is 1. The van der Waals surface area contributed by atoms with Crippen LogP contribution < -0.4 is 0 Å². The molecule has 2 aromatic rings. The zero-order valence-corrected chi connectivity index (χ0v) is 13.0. The SMILES string of the molecule is CN1CCCC1CCS(=O)(=O)c1nc2cccnc2s1. The van der Waals surface area contributed by atoms with Crippen LogP contribution in [0.25, 0.3) is 10.3 Å². The summed E-state index contributed by atoms with van der Waals surface area (Å²) in [5.74, 6) is 0.168. The van der Waals surface area contributed by atoms with Gasteiger partial charge in [-0.15, -0.1) is 0 Å². The number of thiazole rings is 1. The summed E-state index contributed by atoms with van der Waals surface area (Å²) in [6.45, 7) is 1.07. The molecule has 108 valence electrons. The second-order valence-corrected chi connectivity index (χ2v) is 8.45. The van der Waals surface area contributed by atoms with Gasteiger partial charge in [-0.1, -0.05) is 11.3 Å². The lowest BCUT2D eigenvalue weighted by atomic mass is 10.2. The van der Waals surface area contributed by atoms with Crippen molar-refractivity contribution >= 4 is 31.5 Å². The number of sulfone groups is 1. The summed E-state index contributed by atoms with van der Waals surface area (Å²) in [5, 5.41) is 0. The quantitative estimate of drug-likeness (QED) is 0.863. The van der Waals surface area contributed by atoms with E-state index >= 15 is 0 Å². The number of hydrogen-bond acceptors (Lipinski definition) is 6. The second-order valence-electron chi connectivity index (χ2n) is 5.19. The Balaban J connectivity index is 1.77. The molecule has 0 amide bonds. The average Bonchev–Trinajstić information content (AvgIpc) is 3.02. The third-order valence-electron chi connectivity index (χ3n) is 3.80. The average molecular weight is 311 g/mol. The molecule has 0 bridgehead atoms. The van der Waals surface area contributed by atoms with Gasteiger partial charge in [0.25, 0.3) is 0 Å². The minimum Gasteiger partial charge on any atom is -0.303 e. The Hall–Kier alpha value is -1.05. The maximum absolute atomic E-state index is 12.4. The van der Waals surface area contributed by atoms with E-state index in [4.69, 9.17) is 0 Å². The molecule has 0 N–H and O–H groups in total. The largest absolute Gasteiger partial charge is 0.303 e. The summed E-state index contributed by atoms with van der Waals surface area (Å²) in [6, 6.07) is 3.95. The Morgan fingerprint density at radius 1 is 1.50 bits per heavy atom. The van der Waals surface area contributed by atoms with Crippen LogP contribution in [0.1, 0.15) is 19.3 Å². The van der Waals surface area contributed by atoms with Crippen molar-refractivity contribution in [1.29, 1.82) is 0 Å². The molecule has 20 heavy (non-hydrogen) atoms. The molecule has 1 atom stereocenters. The van der Waals surface area contributed by atoms with Crippen LogP contribution in [-0.2, 0) is 9.84 Å². The van der Waals surface area contributed by atoms with Crippen molar-refractivity contribution in [2.45, 2.75) is 29.6 Å². The van der Waals surface area contributed by atoms with Crippen molar-refractivity contribution in [2.75, 3.05) is 19.3 Å². The molecule has 0 spiro atoms. The first kappa shape index (κ1) is 13.9. The zero-order chi connectivity index (χ0) is 14.2. The molecule has 1 fully saturated rings. The van der Waals surface area contributed by atoms with E-state index in [2.05, 4.69) is 21.9 Å². The minimum absolute atomic E-state index is 0.168. The Labute approximate surface area is 122 Å². The van der Waals surface area contributed by atoms with E-state index in [1.165, 1.54) is 0 Å². The van der Waals surface area contributed by atoms with E-state index in [0.29, 0.717) is 22.8 Å². The Kier molecular flexibility index (Phi) is 3.74. The first-order valence-corrected chi connectivity index (χ1v) is 9.18. The van der Waals surface area contributed by atoms with Crippen molar-refractivity contribution < 1.29 is 8.42 Å². The number of aromatic nitrogens is 2. The van der Waals surface area contributed by atoms with Crippen molar-refractivity contribution in [2.24, 2.45) is 0 Å². The van der Waals surface area contributed by atoms with Crippen molar-refractivity contribution in [3.05, 3.63) is 18.3 Å². The molecule has 7 heteroatoms. The van der Waals surface area contributed by atoms with Crippen LogP contribution in [0.3, 0.4) is 0 Å². The molecule has 3 heterocycles. The maximum atomic E-state index is 12.4. The fourth-order valence-electron chi connectivity index (χ4n) is 2.61. The summed E-state index contributed by atoms with van der Waals surface area (Å²) >= 11 is 1.16. The van der Waals surface area contributed by atoms with Crippen LogP contribution in [0.5, 0.6) is 0 Å². The molecule has 1 unspecified atom stereocenters. The van der Waals surface area contributed by atoms with Gasteiger partial charge in [-0.05, 0) is 45.0 Å². The van der Waals surface area contributed by atoms with Gasteiger partial charge in [0.1, 0.15) is 10.3 Å². The normalized spacial score (nSPS) is 20.8. The molecule has 2 aromatic heterocycles. The fraction of sp³-hybridized carbons (Fsp3) is 0.538. The van der Waals surface area contributed by atoms with E-state index < -0.39 is 9.84 Å². The van der Waals surface area contributed by atoms with Gasteiger partial charge < -0.3 is 4.90 Å². The van der Waals surface area contributed by atoms with Gasteiger partial charge in [0.05, 0.1) is 5.75 Å². The second kappa shape index (κ2) is 5.38. The summed E-state index contributed by atoms with van der Waals surface area (Å²) in [6.07, 6.45) is 4.59. The van der Waals surface area contributed by atoms with Gasteiger partial charge in [0, 0.05) is 12.2 Å². The molecule has 0 radical (unpaired) electrons. The molecule has 1 saturated heterocycles. The van der Waals surface area contributed by atoms with Gasteiger partial charge in [0.2, 0.25) is 14.2 Å². The van der Waals surface area contributed by atoms with Gasteiger partial charge >= 0.3 is 0 Å². The zero-order valence-electron chi connectivity index (χ0n) is 11.3. The van der Waals surface area contributed by atoms with E-state index in [1.54, 1.807) is 18.3 Å². The number of fused-ring (bicyclic) bond motifs is 1. The fourth-order valence-corrected chi connectivity index (χ4v) is 5.24. The monoisotopic (exact) mass is 311 g/mol. The molecule has 1 aliphatic heterocycles. The summed E-state index contributed by atoms with van der Waals surface area (Å²) in [5.41, 5.74) is 0.661. The third kappa shape index (κ3) is 2.70. The predicted molar refractivity (Wildman–Crippen MR) is 79.7 cm³/mol. The van der Waals surface area contributed by atoms with Crippen LogP contribution in [0.2, 0.25) is 0 Å². The molecule has 0 saturated carbocycles. The maximum Gasteiger partial charge on any atom is 0.211 e. The van der Waals surface area contributed by atoms with E-state index in [9.17, 15) is 8.42 Å². The Morgan fingerprint density at radius 3 is 3.05 bits per heavy atom. The highest BCUT2D eigenvalue weighted by Gasteiger charge is 2.26. The smallest absolute Gasteiger partial charge is 0.211 e. The molecule has 0 aliphatic carbocycles. The first-order chi connectivity index (χ1) is 9.56. The summed E-state index contributed by atoms with van der Waals surface area (Å²) < 4.78 is 24.9. The molecular weight excluding hydrogens is 294 g/mol. The predicted octanol–water partition coefficient (Wildman–Crippen LogP) is 1.95. The van der Waals surface area contributed by atoms with Gasteiger partial charge in [-0.3, -0.25) is 0 Å². The molecule has 1 aliphatic rings. The summed E-state index contributed by atoms with van der Waals surface area (Å²) in [7, 11) is -1.23. The Bertz CT molecular complexity index is 678. The lowest BCUT2D eigenvalue weighted by Gasteiger charge is -2.18. The number of likely N-dealkylation sites (tertiary alicyclic amines) is 1. The van der Waals surface area contributed by atoms with E-state index in [0.717, 1.165) is 30.7 Å². The van der Waals surface area contributed by atoms with Gasteiger partial charge in [-0.2, -0.15) is 0 Å². The molecule has 3 rings (SSSR count). The standard InChI is InChI=1S/C13H17N3O2S2/c1-16-8-3-4-10(16)6-9-20(17,18)13-15-11-5-2-7-14-12(11)19-13/h2,5,7,10H,3-4,6,8-9H2,1H3. The third-order valence-corrected chi connectivity index (χ3v) is 6.99. The van der Waals surface area contributed by atoms with Crippen LogP contribution in [0.4, 0.5) is 0 Å². The van der Waals surface area contributed by atoms with Crippen molar-refractivity contribution in [3.63, 3.8) is 0 Å². The van der Waals surface area contributed by atoms with Gasteiger partial charge in [-0.25, -0.2) is 18.4 Å². The lowest BCUT2D eigenvalue weighted by Crippen LogP contribution is -2.27. The lowest BCUT2D eigenvalue weighted by molar-refractivity contribution is 0.304. The highest BCUT2D eigenvalue weighted by Crippen LogP contribution is 2.26. The summed E-state index contributed by atoms with van der Waals surface area (Å²) in [4.78, 5) is 11.3. The Morgan fingerprint density at radius 2 is 2.35 bits per heavy atom. The topological polar surface area (TPSA) is 63.2 Å². The number of hydrogen-bond donors (Lipinski definition) is 0. The van der Waals surface area contributed by atoms with Crippen LogP contribution >= 0.6 is 11.3 Å². The van der Waals surface area contributed by atoms with Crippen LogP contribution in [0.15, 0.2) is 22.7 Å². The van der Waals surface area contributed by atoms with Crippen molar-refractivity contribution in [3.8, 4) is 0 Å². The number of rotatable bonds is 4. The molecular formula is C13H17N3O2S2. The highest BCUT2D eigenvalue weighted by atomic mass is 32.2.